The van der Waals surface area contributed by atoms with Crippen LogP contribution in [0.3, 0.4) is 0 Å². The topological polar surface area (TPSA) is 58.2 Å². The van der Waals surface area contributed by atoms with Crippen molar-refractivity contribution in [1.29, 1.82) is 0 Å². The normalized spacial score (nSPS) is 10.6. The molecule has 0 spiro atoms. The summed E-state index contributed by atoms with van der Waals surface area (Å²) in [6.45, 7) is 1.42. The molecule has 0 atom stereocenters. The lowest BCUT2D eigenvalue weighted by molar-refractivity contribution is -0.114. The Kier molecular flexibility index (Phi) is 5.49. The van der Waals surface area contributed by atoms with Crippen LogP contribution in [-0.4, -0.2) is 11.8 Å². The highest BCUT2D eigenvalue weighted by Crippen LogP contribution is 2.19. The number of nitrogens with one attached hydrogen (secondary N) is 2. The Morgan fingerprint density at radius 3 is 2.43 bits per heavy atom. The first-order valence-electron chi connectivity index (χ1n) is 6.76. The predicted molar refractivity (Wildman–Crippen MR) is 89.8 cm³/mol. The lowest BCUT2D eigenvalue weighted by Crippen LogP contribution is -2.09. The highest BCUT2D eigenvalue weighted by atomic mass is 35.5. The zero-order valence-corrected chi connectivity index (χ0v) is 13.0. The van der Waals surface area contributed by atoms with Crippen molar-refractivity contribution in [2.45, 2.75) is 6.92 Å². The van der Waals surface area contributed by atoms with Gasteiger partial charge in [0.2, 0.25) is 11.8 Å². The molecule has 23 heavy (non-hydrogen) atoms. The largest absolute Gasteiger partial charge is 0.326 e. The molecule has 2 amide bonds. The van der Waals surface area contributed by atoms with Crippen LogP contribution < -0.4 is 10.6 Å². The monoisotopic (exact) mass is 332 g/mol. The molecule has 0 saturated carbocycles. The first kappa shape index (κ1) is 16.7. The predicted octanol–water partition coefficient (Wildman–Crippen LogP) is 4.09. The third-order valence-electron chi connectivity index (χ3n) is 2.84. The average Bonchev–Trinajstić information content (AvgIpc) is 2.50. The summed E-state index contributed by atoms with van der Waals surface area (Å²) in [6.07, 6.45) is 2.86. The molecule has 0 heterocycles. The molecule has 0 unspecified atom stereocenters. The fourth-order valence-corrected chi connectivity index (χ4v) is 1.99. The van der Waals surface area contributed by atoms with Gasteiger partial charge in [0, 0.05) is 23.7 Å². The molecule has 0 bridgehead atoms. The average molecular weight is 333 g/mol. The van der Waals surface area contributed by atoms with E-state index in [-0.39, 0.29) is 11.6 Å². The third-order valence-corrected chi connectivity index (χ3v) is 3.08. The number of rotatable bonds is 4. The van der Waals surface area contributed by atoms with Crippen LogP contribution in [0.15, 0.2) is 48.5 Å². The van der Waals surface area contributed by atoms with E-state index in [1.807, 2.05) is 0 Å². The lowest BCUT2D eigenvalue weighted by atomic mass is 10.2. The first-order chi connectivity index (χ1) is 10.9. The Morgan fingerprint density at radius 1 is 1.09 bits per heavy atom. The maximum absolute atomic E-state index is 13.5. The van der Waals surface area contributed by atoms with Crippen LogP contribution in [0.4, 0.5) is 15.8 Å². The molecule has 0 saturated heterocycles. The van der Waals surface area contributed by atoms with E-state index in [0.29, 0.717) is 10.7 Å². The van der Waals surface area contributed by atoms with E-state index in [1.54, 1.807) is 30.3 Å². The minimum absolute atomic E-state index is 0.0214. The number of halogens is 2. The number of amides is 2. The lowest BCUT2D eigenvalue weighted by Gasteiger charge is -2.04. The summed E-state index contributed by atoms with van der Waals surface area (Å²) in [7, 11) is 0. The van der Waals surface area contributed by atoms with E-state index in [1.165, 1.54) is 31.2 Å². The van der Waals surface area contributed by atoms with Crippen molar-refractivity contribution in [3.63, 3.8) is 0 Å². The Hall–Kier alpha value is -2.66. The minimum Gasteiger partial charge on any atom is -0.326 e. The SMILES string of the molecule is CC(=O)Nc1ccc(/C=C/C(=O)Nc2cc(Cl)ccc2F)cc1. The van der Waals surface area contributed by atoms with E-state index >= 15 is 0 Å². The van der Waals surface area contributed by atoms with E-state index in [0.717, 1.165) is 5.56 Å². The number of benzene rings is 2. The van der Waals surface area contributed by atoms with Gasteiger partial charge in [0.15, 0.2) is 0 Å². The number of carbonyl (C=O) groups excluding carboxylic acids is 2. The Balaban J connectivity index is 2.00. The quantitative estimate of drug-likeness (QED) is 0.828. The van der Waals surface area contributed by atoms with Crippen molar-refractivity contribution in [1.82, 2.24) is 0 Å². The molecule has 4 nitrogen and oxygen atoms in total. The van der Waals surface area contributed by atoms with Crippen LogP contribution >= 0.6 is 11.6 Å². The van der Waals surface area contributed by atoms with Crippen molar-refractivity contribution in [2.24, 2.45) is 0 Å². The summed E-state index contributed by atoms with van der Waals surface area (Å²) in [6, 6.07) is 10.8. The van der Waals surface area contributed by atoms with Crippen molar-refractivity contribution < 1.29 is 14.0 Å². The molecule has 6 heteroatoms. The molecular weight excluding hydrogens is 319 g/mol. The van der Waals surface area contributed by atoms with Gasteiger partial charge in [-0.3, -0.25) is 9.59 Å². The summed E-state index contributed by atoms with van der Waals surface area (Å²) in [4.78, 5) is 22.7. The van der Waals surface area contributed by atoms with E-state index in [9.17, 15) is 14.0 Å². The maximum atomic E-state index is 13.5. The van der Waals surface area contributed by atoms with Crippen LogP contribution in [0.2, 0.25) is 5.02 Å². The van der Waals surface area contributed by atoms with Gasteiger partial charge in [0.05, 0.1) is 5.69 Å². The molecule has 2 rings (SSSR count). The van der Waals surface area contributed by atoms with Gasteiger partial charge in [0.1, 0.15) is 5.82 Å². The molecule has 2 N–H and O–H groups in total. The first-order valence-corrected chi connectivity index (χ1v) is 7.13. The van der Waals surface area contributed by atoms with Gasteiger partial charge in [0.25, 0.3) is 0 Å². The molecule has 0 radical (unpaired) electrons. The molecule has 2 aromatic carbocycles. The number of anilines is 2. The Labute approximate surface area is 138 Å². The highest BCUT2D eigenvalue weighted by Gasteiger charge is 2.05. The summed E-state index contributed by atoms with van der Waals surface area (Å²) in [5.41, 5.74) is 1.45. The molecular formula is C17H14ClFN2O2. The molecule has 0 aliphatic heterocycles. The molecule has 0 fully saturated rings. The second kappa shape index (κ2) is 7.56. The summed E-state index contributed by atoms with van der Waals surface area (Å²) >= 11 is 5.76. The van der Waals surface area contributed by atoms with E-state index in [4.69, 9.17) is 11.6 Å². The van der Waals surface area contributed by atoms with Gasteiger partial charge < -0.3 is 10.6 Å². The molecule has 118 valence electrons. The number of carbonyl (C=O) groups is 2. The van der Waals surface area contributed by atoms with Gasteiger partial charge in [-0.25, -0.2) is 4.39 Å². The molecule has 2 aromatic rings. The van der Waals surface area contributed by atoms with Gasteiger partial charge >= 0.3 is 0 Å². The van der Waals surface area contributed by atoms with Crippen LogP contribution in [-0.2, 0) is 9.59 Å². The summed E-state index contributed by atoms with van der Waals surface area (Å²) in [5.74, 6) is -1.19. The van der Waals surface area contributed by atoms with E-state index in [2.05, 4.69) is 10.6 Å². The Bertz CT molecular complexity index is 758. The number of hydrogen-bond acceptors (Lipinski definition) is 2. The molecule has 0 aliphatic carbocycles. The Morgan fingerprint density at radius 2 is 1.78 bits per heavy atom. The minimum atomic E-state index is -0.559. The van der Waals surface area contributed by atoms with Crippen LogP contribution in [0.25, 0.3) is 6.08 Å². The third kappa shape index (κ3) is 5.23. The summed E-state index contributed by atoms with van der Waals surface area (Å²) in [5, 5.41) is 5.39. The smallest absolute Gasteiger partial charge is 0.248 e. The molecule has 0 aromatic heterocycles. The van der Waals surface area contributed by atoms with Gasteiger partial charge in [-0.05, 0) is 42.0 Å². The van der Waals surface area contributed by atoms with Gasteiger partial charge in [-0.1, -0.05) is 23.7 Å². The fraction of sp³-hybridized carbons (Fsp3) is 0.0588. The van der Waals surface area contributed by atoms with Crippen molar-refractivity contribution in [3.05, 3.63) is 64.9 Å². The van der Waals surface area contributed by atoms with Crippen molar-refractivity contribution in [2.75, 3.05) is 10.6 Å². The zero-order valence-electron chi connectivity index (χ0n) is 12.3. The van der Waals surface area contributed by atoms with Crippen molar-refractivity contribution in [3.8, 4) is 0 Å². The van der Waals surface area contributed by atoms with E-state index < -0.39 is 11.7 Å². The zero-order chi connectivity index (χ0) is 16.8. The van der Waals surface area contributed by atoms with Crippen LogP contribution in [0.5, 0.6) is 0 Å². The van der Waals surface area contributed by atoms with Crippen molar-refractivity contribution >= 4 is 40.9 Å². The van der Waals surface area contributed by atoms with Crippen LogP contribution in [0.1, 0.15) is 12.5 Å². The fourth-order valence-electron chi connectivity index (χ4n) is 1.82. The number of hydrogen-bond donors (Lipinski definition) is 2. The van der Waals surface area contributed by atoms with Gasteiger partial charge in [-0.15, -0.1) is 0 Å². The second-order valence-electron chi connectivity index (χ2n) is 4.75. The molecule has 0 aliphatic rings. The highest BCUT2D eigenvalue weighted by molar-refractivity contribution is 6.31. The van der Waals surface area contributed by atoms with Gasteiger partial charge in [-0.2, -0.15) is 0 Å². The maximum Gasteiger partial charge on any atom is 0.248 e. The second-order valence-corrected chi connectivity index (χ2v) is 5.19. The standard InChI is InChI=1S/C17H14ClFN2O2/c1-11(22)20-14-6-2-12(3-7-14)4-9-17(23)21-16-10-13(18)5-8-15(16)19/h2-10H,1H3,(H,20,22)(H,21,23)/b9-4+. The van der Waals surface area contributed by atoms with Crippen LogP contribution in [0, 0.1) is 5.82 Å². The summed E-state index contributed by atoms with van der Waals surface area (Å²) < 4.78 is 13.5.